The normalized spacial score (nSPS) is 11.8. The van der Waals surface area contributed by atoms with Gasteiger partial charge in [-0.25, -0.2) is 18.1 Å². The Kier molecular flexibility index (Phi) is 6.10. The molecule has 0 saturated heterocycles. The van der Waals surface area contributed by atoms with E-state index in [-0.39, 0.29) is 11.4 Å². The highest BCUT2D eigenvalue weighted by atomic mass is 79.9. The molecule has 0 bridgehead atoms. The van der Waals surface area contributed by atoms with Crippen LogP contribution in [0.5, 0.6) is 5.75 Å². The maximum Gasteiger partial charge on any atom is 0.240 e. The molecule has 8 heteroatoms. The van der Waals surface area contributed by atoms with Crippen molar-refractivity contribution in [1.29, 1.82) is 0 Å². The van der Waals surface area contributed by atoms with Crippen LogP contribution >= 0.6 is 15.9 Å². The number of methoxy groups -OCH3 is 1. The van der Waals surface area contributed by atoms with E-state index < -0.39 is 10.0 Å². The lowest BCUT2D eigenvalue weighted by Gasteiger charge is -2.05. The summed E-state index contributed by atoms with van der Waals surface area (Å²) in [4.78, 5) is 4.53. The number of nitrogens with zero attached hydrogens (tertiary/aromatic N) is 1. The number of hydrogen-bond donors (Lipinski definition) is 1. The average Bonchev–Trinajstić information content (AvgIpc) is 3.13. The Labute approximate surface area is 166 Å². The van der Waals surface area contributed by atoms with Crippen molar-refractivity contribution in [2.75, 3.05) is 7.11 Å². The maximum absolute atomic E-state index is 12.3. The molecule has 0 unspecified atom stereocenters. The van der Waals surface area contributed by atoms with E-state index in [1.807, 2.05) is 24.3 Å². The molecule has 1 N–H and O–H groups in total. The predicted molar refractivity (Wildman–Crippen MR) is 107 cm³/mol. The summed E-state index contributed by atoms with van der Waals surface area (Å²) in [7, 11) is -2.03. The van der Waals surface area contributed by atoms with Crippen molar-refractivity contribution in [3.8, 4) is 5.75 Å². The summed E-state index contributed by atoms with van der Waals surface area (Å²) in [5, 5.41) is 0. The second kappa shape index (κ2) is 8.51. The van der Waals surface area contributed by atoms with E-state index in [1.165, 1.54) is 12.1 Å². The number of ether oxygens (including phenoxy) is 1. The van der Waals surface area contributed by atoms with Crippen LogP contribution in [-0.4, -0.2) is 21.7 Å². The predicted octanol–water partition coefficient (Wildman–Crippen LogP) is 4.28. The average molecular weight is 449 g/mol. The summed E-state index contributed by atoms with van der Waals surface area (Å²) in [6, 6.07) is 17.2. The number of furan rings is 1. The fourth-order valence-corrected chi connectivity index (χ4v) is 3.55. The Bertz CT molecular complexity index is 1040. The zero-order valence-electron chi connectivity index (χ0n) is 14.4. The molecule has 3 rings (SSSR count). The lowest BCUT2D eigenvalue weighted by atomic mass is 10.3. The first-order valence-electron chi connectivity index (χ1n) is 7.99. The maximum atomic E-state index is 12.3. The van der Waals surface area contributed by atoms with Crippen molar-refractivity contribution in [2.45, 2.75) is 11.4 Å². The largest absolute Gasteiger partial charge is 0.494 e. The fraction of sp³-hybridized carbons (Fsp3) is 0.105. The molecule has 0 radical (unpaired) electrons. The topological polar surface area (TPSA) is 80.9 Å². The Hall–Kier alpha value is -2.42. The van der Waals surface area contributed by atoms with Crippen molar-refractivity contribution < 1.29 is 17.6 Å². The number of para-hydroxylation sites is 2. The third kappa shape index (κ3) is 5.06. The fourth-order valence-electron chi connectivity index (χ4n) is 2.29. The van der Waals surface area contributed by atoms with Crippen LogP contribution in [0.2, 0.25) is 0 Å². The van der Waals surface area contributed by atoms with Gasteiger partial charge in [-0.2, -0.15) is 0 Å². The molecule has 0 aliphatic carbocycles. The third-order valence-corrected chi connectivity index (χ3v) is 5.60. The first-order chi connectivity index (χ1) is 13.0. The van der Waals surface area contributed by atoms with Gasteiger partial charge in [0.25, 0.3) is 0 Å². The van der Waals surface area contributed by atoms with E-state index >= 15 is 0 Å². The monoisotopic (exact) mass is 448 g/mol. The molecule has 6 nitrogen and oxygen atoms in total. The summed E-state index contributed by atoms with van der Waals surface area (Å²) in [5.41, 5.74) is 0.675. The SMILES string of the molecule is COc1ccccc1N=Cc1ccc(CNS(=O)(=O)c2ccc(Br)cc2)o1. The summed E-state index contributed by atoms with van der Waals surface area (Å²) in [6.07, 6.45) is 1.56. The van der Waals surface area contributed by atoms with Gasteiger partial charge >= 0.3 is 0 Å². The van der Waals surface area contributed by atoms with Gasteiger partial charge in [0, 0.05) is 4.47 Å². The van der Waals surface area contributed by atoms with Crippen LogP contribution in [0.3, 0.4) is 0 Å². The Morgan fingerprint density at radius 1 is 1.11 bits per heavy atom. The van der Waals surface area contributed by atoms with Crippen LogP contribution in [0.4, 0.5) is 5.69 Å². The number of rotatable bonds is 7. The van der Waals surface area contributed by atoms with Crippen molar-refractivity contribution >= 4 is 37.9 Å². The molecular weight excluding hydrogens is 432 g/mol. The van der Waals surface area contributed by atoms with E-state index in [1.54, 1.807) is 37.6 Å². The van der Waals surface area contributed by atoms with E-state index in [0.717, 1.165) is 4.47 Å². The number of sulfonamides is 1. The van der Waals surface area contributed by atoms with Crippen molar-refractivity contribution in [2.24, 2.45) is 4.99 Å². The highest BCUT2D eigenvalue weighted by Crippen LogP contribution is 2.26. The lowest BCUT2D eigenvalue weighted by molar-refractivity contribution is 0.416. The van der Waals surface area contributed by atoms with Crippen LogP contribution in [0.15, 0.2) is 79.4 Å². The van der Waals surface area contributed by atoms with E-state index in [2.05, 4.69) is 25.6 Å². The quantitative estimate of drug-likeness (QED) is 0.546. The molecule has 0 atom stereocenters. The molecule has 27 heavy (non-hydrogen) atoms. The number of halogens is 1. The second-order valence-electron chi connectivity index (χ2n) is 5.51. The molecule has 3 aromatic rings. The zero-order valence-corrected chi connectivity index (χ0v) is 16.8. The molecule has 140 valence electrons. The minimum atomic E-state index is -3.61. The number of nitrogens with one attached hydrogen (secondary N) is 1. The summed E-state index contributed by atoms with van der Waals surface area (Å²) >= 11 is 3.28. The van der Waals surface area contributed by atoms with Gasteiger partial charge in [-0.15, -0.1) is 0 Å². The van der Waals surface area contributed by atoms with Gasteiger partial charge in [-0.05, 0) is 48.5 Å². The molecule has 0 fully saturated rings. The summed E-state index contributed by atoms with van der Waals surface area (Å²) in [6.45, 7) is 0.0426. The van der Waals surface area contributed by atoms with Crippen LogP contribution in [0, 0.1) is 0 Å². The minimum Gasteiger partial charge on any atom is -0.494 e. The van der Waals surface area contributed by atoms with Crippen LogP contribution in [0.1, 0.15) is 11.5 Å². The molecule has 0 saturated carbocycles. The first kappa shape index (κ1) is 19.3. The van der Waals surface area contributed by atoms with Crippen LogP contribution in [-0.2, 0) is 16.6 Å². The zero-order chi connectivity index (χ0) is 19.3. The summed E-state index contributed by atoms with van der Waals surface area (Å²) in [5.74, 6) is 1.65. The Morgan fingerprint density at radius 3 is 2.59 bits per heavy atom. The van der Waals surface area contributed by atoms with Gasteiger partial charge in [-0.1, -0.05) is 28.1 Å². The molecular formula is C19H17BrN2O4S. The first-order valence-corrected chi connectivity index (χ1v) is 10.3. The van der Waals surface area contributed by atoms with Crippen LogP contribution < -0.4 is 9.46 Å². The van der Waals surface area contributed by atoms with Crippen LogP contribution in [0.25, 0.3) is 0 Å². The highest BCUT2D eigenvalue weighted by Gasteiger charge is 2.14. The molecule has 0 spiro atoms. The summed E-state index contributed by atoms with van der Waals surface area (Å²) < 4.78 is 38.8. The van der Waals surface area contributed by atoms with E-state index in [0.29, 0.717) is 23.0 Å². The minimum absolute atomic E-state index is 0.0426. The van der Waals surface area contributed by atoms with Gasteiger partial charge in [0.1, 0.15) is 23.0 Å². The Balaban J connectivity index is 1.66. The lowest BCUT2D eigenvalue weighted by Crippen LogP contribution is -2.22. The molecule has 0 amide bonds. The molecule has 1 heterocycles. The smallest absolute Gasteiger partial charge is 0.240 e. The number of hydrogen-bond acceptors (Lipinski definition) is 5. The van der Waals surface area contributed by atoms with Gasteiger partial charge in [0.15, 0.2) is 0 Å². The highest BCUT2D eigenvalue weighted by molar-refractivity contribution is 9.10. The molecule has 2 aromatic carbocycles. The van der Waals surface area contributed by atoms with Gasteiger partial charge in [0.2, 0.25) is 10.0 Å². The van der Waals surface area contributed by atoms with Gasteiger partial charge in [0.05, 0.1) is 24.8 Å². The van der Waals surface area contributed by atoms with E-state index in [4.69, 9.17) is 9.15 Å². The second-order valence-corrected chi connectivity index (χ2v) is 8.20. The van der Waals surface area contributed by atoms with Crippen molar-refractivity contribution in [3.63, 3.8) is 0 Å². The molecule has 1 aromatic heterocycles. The number of benzene rings is 2. The Morgan fingerprint density at radius 2 is 1.85 bits per heavy atom. The van der Waals surface area contributed by atoms with Crippen molar-refractivity contribution in [1.82, 2.24) is 4.72 Å². The standard InChI is InChI=1S/C19H17BrN2O4S/c1-25-19-5-3-2-4-18(19)21-12-15-8-9-16(26-15)13-22-27(23,24)17-10-6-14(20)7-11-17/h2-12,22H,13H2,1H3. The molecule has 0 aliphatic rings. The third-order valence-electron chi connectivity index (χ3n) is 3.66. The van der Waals surface area contributed by atoms with E-state index in [9.17, 15) is 8.42 Å². The number of aliphatic imine (C=N–C) groups is 1. The van der Waals surface area contributed by atoms with Gasteiger partial charge < -0.3 is 9.15 Å². The molecule has 0 aliphatic heterocycles. The van der Waals surface area contributed by atoms with Gasteiger partial charge in [-0.3, -0.25) is 0 Å². The van der Waals surface area contributed by atoms with Crippen molar-refractivity contribution in [3.05, 3.63) is 76.7 Å².